The van der Waals surface area contributed by atoms with E-state index in [1.807, 2.05) is 12.1 Å². The summed E-state index contributed by atoms with van der Waals surface area (Å²) in [7, 11) is 1.70. The lowest BCUT2D eigenvalue weighted by molar-refractivity contribution is -0.138. The first-order valence-corrected chi connectivity index (χ1v) is 12.8. The fourth-order valence-corrected chi connectivity index (χ4v) is 6.53. The van der Waals surface area contributed by atoms with Crippen molar-refractivity contribution in [2.75, 3.05) is 51.3 Å². The quantitative estimate of drug-likeness (QED) is 0.716. The van der Waals surface area contributed by atoms with Gasteiger partial charge in [-0.05, 0) is 43.9 Å². The van der Waals surface area contributed by atoms with E-state index in [0.29, 0.717) is 5.91 Å². The minimum absolute atomic E-state index is 0.173. The van der Waals surface area contributed by atoms with Crippen LogP contribution in [0.2, 0.25) is 0 Å². The number of ether oxygens (including phenoxy) is 1. The van der Waals surface area contributed by atoms with Gasteiger partial charge in [0.1, 0.15) is 5.75 Å². The Labute approximate surface area is 189 Å². The van der Waals surface area contributed by atoms with Crippen LogP contribution in [0, 0.1) is 5.92 Å². The van der Waals surface area contributed by atoms with Crippen molar-refractivity contribution in [3.8, 4) is 5.75 Å². The van der Waals surface area contributed by atoms with Crippen LogP contribution < -0.4 is 9.64 Å². The molecule has 168 valence electrons. The lowest BCUT2D eigenvalue weighted by atomic mass is 9.93. The van der Waals surface area contributed by atoms with Gasteiger partial charge in [-0.2, -0.15) is 0 Å². The number of aromatic nitrogens is 1. The number of carbonyl (C=O) groups excluding carboxylic acids is 1. The number of methoxy groups -OCH3 is 1. The molecule has 6 nitrogen and oxygen atoms in total. The van der Waals surface area contributed by atoms with Crippen molar-refractivity contribution >= 4 is 32.6 Å². The van der Waals surface area contributed by atoms with Crippen LogP contribution in [0.25, 0.3) is 10.2 Å². The molecule has 3 aliphatic rings. The Morgan fingerprint density at radius 2 is 1.74 bits per heavy atom. The Morgan fingerprint density at radius 1 is 1.00 bits per heavy atom. The molecule has 3 heterocycles. The standard InChI is InChI=1S/C24H34N4O2S/c1-30-20-7-8-21-22(17-20)31-24(25-21)28-11-9-18(10-12-28)23(29)27-15-13-26(14-16-27)19-5-3-2-4-6-19/h7-8,17-19H,2-6,9-16H2,1H3. The third-order valence-corrected chi connectivity index (χ3v) is 8.50. The Hall–Kier alpha value is -1.86. The summed E-state index contributed by atoms with van der Waals surface area (Å²) in [5.41, 5.74) is 1.02. The summed E-state index contributed by atoms with van der Waals surface area (Å²) in [4.78, 5) is 25.1. The molecule has 1 amide bonds. The van der Waals surface area contributed by atoms with Gasteiger partial charge in [0.05, 0.1) is 17.3 Å². The number of anilines is 1. The van der Waals surface area contributed by atoms with Crippen molar-refractivity contribution in [1.29, 1.82) is 0 Å². The molecule has 3 fully saturated rings. The predicted octanol–water partition coefficient (Wildman–Crippen LogP) is 4.00. The first-order chi connectivity index (χ1) is 15.2. The van der Waals surface area contributed by atoms with Crippen LogP contribution in [0.5, 0.6) is 5.75 Å². The smallest absolute Gasteiger partial charge is 0.225 e. The van der Waals surface area contributed by atoms with E-state index in [9.17, 15) is 4.79 Å². The van der Waals surface area contributed by atoms with Gasteiger partial charge in [-0.15, -0.1) is 0 Å². The number of piperidine rings is 1. The molecule has 5 rings (SSSR count). The summed E-state index contributed by atoms with van der Waals surface area (Å²) >= 11 is 1.72. The molecular weight excluding hydrogens is 408 g/mol. The molecular formula is C24H34N4O2S. The lowest BCUT2D eigenvalue weighted by Crippen LogP contribution is -2.54. The number of hydrogen-bond donors (Lipinski definition) is 0. The first kappa shape index (κ1) is 21.0. The molecule has 0 bridgehead atoms. The number of rotatable bonds is 4. The number of benzene rings is 1. The Bertz CT molecular complexity index is 894. The van der Waals surface area contributed by atoms with Crippen LogP contribution in [0.15, 0.2) is 18.2 Å². The Morgan fingerprint density at radius 3 is 2.45 bits per heavy atom. The molecule has 1 aromatic heterocycles. The average molecular weight is 443 g/mol. The fraction of sp³-hybridized carbons (Fsp3) is 0.667. The number of amides is 1. The van der Waals surface area contributed by atoms with E-state index < -0.39 is 0 Å². The third kappa shape index (κ3) is 4.53. The van der Waals surface area contributed by atoms with Crippen LogP contribution in [0.4, 0.5) is 5.13 Å². The SMILES string of the molecule is COc1ccc2nc(N3CCC(C(=O)N4CCN(C5CCCCC5)CC4)CC3)sc2c1. The Balaban J connectivity index is 1.13. The summed E-state index contributed by atoms with van der Waals surface area (Å²) < 4.78 is 6.49. The van der Waals surface area contributed by atoms with Crippen molar-refractivity contribution in [3.63, 3.8) is 0 Å². The summed E-state index contributed by atoms with van der Waals surface area (Å²) in [6.45, 7) is 5.77. The van der Waals surface area contributed by atoms with Gasteiger partial charge < -0.3 is 14.5 Å². The number of hydrogen-bond acceptors (Lipinski definition) is 6. The molecule has 0 spiro atoms. The van der Waals surface area contributed by atoms with Gasteiger partial charge in [0.25, 0.3) is 0 Å². The molecule has 1 aliphatic carbocycles. The number of piperazine rings is 1. The second kappa shape index (κ2) is 9.33. The number of carbonyl (C=O) groups is 1. The number of fused-ring (bicyclic) bond motifs is 1. The van der Waals surface area contributed by atoms with E-state index >= 15 is 0 Å². The molecule has 0 unspecified atom stereocenters. The van der Waals surface area contributed by atoms with Gasteiger partial charge in [-0.3, -0.25) is 9.69 Å². The summed E-state index contributed by atoms with van der Waals surface area (Å²) in [5, 5.41) is 1.07. The highest BCUT2D eigenvalue weighted by Gasteiger charge is 2.32. The first-order valence-electron chi connectivity index (χ1n) is 11.9. The molecule has 7 heteroatoms. The minimum atomic E-state index is 0.173. The summed E-state index contributed by atoms with van der Waals surface area (Å²) in [6.07, 6.45) is 8.73. The zero-order valence-corrected chi connectivity index (χ0v) is 19.4. The van der Waals surface area contributed by atoms with E-state index in [-0.39, 0.29) is 5.92 Å². The number of thiazole rings is 1. The van der Waals surface area contributed by atoms with Gasteiger partial charge in [0.15, 0.2) is 5.13 Å². The summed E-state index contributed by atoms with van der Waals surface area (Å²) in [6, 6.07) is 6.81. The van der Waals surface area contributed by atoms with Crippen LogP contribution >= 0.6 is 11.3 Å². The second-order valence-electron chi connectivity index (χ2n) is 9.24. The van der Waals surface area contributed by atoms with Gasteiger partial charge >= 0.3 is 0 Å². The zero-order chi connectivity index (χ0) is 21.2. The normalized spacial score (nSPS) is 22.2. The van der Waals surface area contributed by atoms with E-state index in [2.05, 4.69) is 20.8 Å². The van der Waals surface area contributed by atoms with E-state index in [4.69, 9.17) is 9.72 Å². The summed E-state index contributed by atoms with van der Waals surface area (Å²) in [5.74, 6) is 1.43. The van der Waals surface area contributed by atoms with Crippen molar-refractivity contribution in [3.05, 3.63) is 18.2 Å². The van der Waals surface area contributed by atoms with Crippen LogP contribution in [-0.4, -0.2) is 73.1 Å². The fourth-order valence-electron chi connectivity index (χ4n) is 5.48. The van der Waals surface area contributed by atoms with Crippen LogP contribution in [0.3, 0.4) is 0 Å². The zero-order valence-electron chi connectivity index (χ0n) is 18.6. The van der Waals surface area contributed by atoms with Crippen molar-refractivity contribution in [2.45, 2.75) is 51.0 Å². The highest BCUT2D eigenvalue weighted by Crippen LogP contribution is 2.34. The van der Waals surface area contributed by atoms with Crippen LogP contribution in [-0.2, 0) is 4.79 Å². The van der Waals surface area contributed by atoms with E-state index in [1.54, 1.807) is 18.4 Å². The maximum atomic E-state index is 13.2. The minimum Gasteiger partial charge on any atom is -0.497 e. The monoisotopic (exact) mass is 442 g/mol. The average Bonchev–Trinajstić information content (AvgIpc) is 3.28. The molecule has 1 aromatic carbocycles. The van der Waals surface area contributed by atoms with Crippen molar-refractivity contribution in [1.82, 2.24) is 14.8 Å². The second-order valence-corrected chi connectivity index (χ2v) is 10.3. The van der Waals surface area contributed by atoms with Gasteiger partial charge in [0, 0.05) is 51.2 Å². The van der Waals surface area contributed by atoms with Crippen LogP contribution in [0.1, 0.15) is 44.9 Å². The highest BCUT2D eigenvalue weighted by atomic mass is 32.1. The molecule has 2 aliphatic heterocycles. The largest absolute Gasteiger partial charge is 0.497 e. The molecule has 0 atom stereocenters. The maximum absolute atomic E-state index is 13.2. The van der Waals surface area contributed by atoms with Gasteiger partial charge in [0.2, 0.25) is 5.91 Å². The molecule has 0 radical (unpaired) electrons. The molecule has 2 saturated heterocycles. The molecule has 0 N–H and O–H groups in total. The molecule has 2 aromatic rings. The molecule has 31 heavy (non-hydrogen) atoms. The molecule has 1 saturated carbocycles. The lowest BCUT2D eigenvalue weighted by Gasteiger charge is -2.42. The Kier molecular flexibility index (Phi) is 6.32. The number of nitrogens with zero attached hydrogens (tertiary/aromatic N) is 4. The predicted molar refractivity (Wildman–Crippen MR) is 126 cm³/mol. The van der Waals surface area contributed by atoms with E-state index in [0.717, 1.165) is 79.2 Å². The van der Waals surface area contributed by atoms with Gasteiger partial charge in [-0.25, -0.2) is 4.98 Å². The van der Waals surface area contributed by atoms with Crippen molar-refractivity contribution in [2.24, 2.45) is 5.92 Å². The topological polar surface area (TPSA) is 48.9 Å². The van der Waals surface area contributed by atoms with Gasteiger partial charge in [-0.1, -0.05) is 30.6 Å². The third-order valence-electron chi connectivity index (χ3n) is 7.42. The van der Waals surface area contributed by atoms with Crippen molar-refractivity contribution < 1.29 is 9.53 Å². The highest BCUT2D eigenvalue weighted by molar-refractivity contribution is 7.22. The maximum Gasteiger partial charge on any atom is 0.225 e. The van der Waals surface area contributed by atoms with E-state index in [1.165, 1.54) is 32.1 Å².